The van der Waals surface area contributed by atoms with E-state index in [4.69, 9.17) is 9.47 Å². The Labute approximate surface area is 127 Å². The Balaban J connectivity index is 2.23. The van der Waals surface area contributed by atoms with E-state index in [1.54, 1.807) is 36.6 Å². The summed E-state index contributed by atoms with van der Waals surface area (Å²) in [4.78, 5) is 12.6. The van der Waals surface area contributed by atoms with Crippen molar-refractivity contribution in [1.82, 2.24) is 5.32 Å². The van der Waals surface area contributed by atoms with E-state index < -0.39 is 12.0 Å². The first-order valence-corrected chi connectivity index (χ1v) is 7.24. The van der Waals surface area contributed by atoms with Crippen LogP contribution in [0.25, 0.3) is 0 Å². The predicted molar refractivity (Wildman–Crippen MR) is 81.1 cm³/mol. The lowest BCUT2D eigenvalue weighted by Gasteiger charge is -2.18. The van der Waals surface area contributed by atoms with Crippen LogP contribution in [-0.4, -0.2) is 25.3 Å². The SMILES string of the molecule is COc1ccc(C(NCc2cccs2)C(=O)O)c(OC)c1. The topological polar surface area (TPSA) is 67.8 Å². The third-order valence-electron chi connectivity index (χ3n) is 3.06. The van der Waals surface area contributed by atoms with Crippen molar-refractivity contribution in [1.29, 1.82) is 0 Å². The van der Waals surface area contributed by atoms with Crippen LogP contribution in [0.15, 0.2) is 35.7 Å². The molecule has 1 aromatic carbocycles. The summed E-state index contributed by atoms with van der Waals surface area (Å²) >= 11 is 1.58. The first-order valence-electron chi connectivity index (χ1n) is 6.36. The second-order valence-electron chi connectivity index (χ2n) is 4.34. The number of rotatable bonds is 7. The van der Waals surface area contributed by atoms with E-state index in [0.29, 0.717) is 23.6 Å². The van der Waals surface area contributed by atoms with E-state index in [9.17, 15) is 9.90 Å². The summed E-state index contributed by atoms with van der Waals surface area (Å²) in [5.41, 5.74) is 0.572. The predicted octanol–water partition coefficient (Wildman–Crippen LogP) is 2.68. The van der Waals surface area contributed by atoms with Crippen molar-refractivity contribution in [2.75, 3.05) is 14.2 Å². The summed E-state index contributed by atoms with van der Waals surface area (Å²) < 4.78 is 10.4. The molecule has 6 heteroatoms. The Kier molecular flexibility index (Phi) is 5.19. The van der Waals surface area contributed by atoms with Crippen LogP contribution in [0.4, 0.5) is 0 Å². The van der Waals surface area contributed by atoms with Gasteiger partial charge in [0.1, 0.15) is 17.5 Å². The number of carboxylic acid groups (broad SMARTS) is 1. The summed E-state index contributed by atoms with van der Waals surface area (Å²) in [5.74, 6) is 0.161. The van der Waals surface area contributed by atoms with Crippen LogP contribution in [0.3, 0.4) is 0 Å². The van der Waals surface area contributed by atoms with E-state index in [1.165, 1.54) is 7.11 Å². The number of hydrogen-bond donors (Lipinski definition) is 2. The monoisotopic (exact) mass is 307 g/mol. The average molecular weight is 307 g/mol. The molecule has 0 bridgehead atoms. The summed E-state index contributed by atoms with van der Waals surface area (Å²) in [6, 6.07) is 8.16. The highest BCUT2D eigenvalue weighted by Crippen LogP contribution is 2.30. The molecule has 1 heterocycles. The molecule has 2 aromatic rings. The van der Waals surface area contributed by atoms with Gasteiger partial charge in [-0.3, -0.25) is 10.1 Å². The van der Waals surface area contributed by atoms with Crippen molar-refractivity contribution in [2.45, 2.75) is 12.6 Å². The number of methoxy groups -OCH3 is 2. The first-order chi connectivity index (χ1) is 10.2. The number of ether oxygens (including phenoxy) is 2. The quantitative estimate of drug-likeness (QED) is 0.823. The van der Waals surface area contributed by atoms with Gasteiger partial charge < -0.3 is 14.6 Å². The fourth-order valence-electron chi connectivity index (χ4n) is 2.00. The maximum atomic E-state index is 11.5. The number of nitrogens with one attached hydrogen (secondary N) is 1. The molecular formula is C15H17NO4S. The minimum absolute atomic E-state index is 0.487. The van der Waals surface area contributed by atoms with Gasteiger partial charge in [0.15, 0.2) is 0 Å². The molecule has 5 nitrogen and oxygen atoms in total. The fraction of sp³-hybridized carbons (Fsp3) is 0.267. The van der Waals surface area contributed by atoms with Gasteiger partial charge in [-0.1, -0.05) is 6.07 Å². The highest BCUT2D eigenvalue weighted by atomic mass is 32.1. The van der Waals surface area contributed by atoms with Gasteiger partial charge in [0.05, 0.1) is 14.2 Å². The third-order valence-corrected chi connectivity index (χ3v) is 3.94. The Morgan fingerprint density at radius 3 is 2.71 bits per heavy atom. The molecule has 2 rings (SSSR count). The largest absolute Gasteiger partial charge is 0.497 e. The zero-order valence-electron chi connectivity index (χ0n) is 11.8. The van der Waals surface area contributed by atoms with Gasteiger partial charge in [-0.25, -0.2) is 0 Å². The van der Waals surface area contributed by atoms with E-state index in [2.05, 4.69) is 5.32 Å². The molecule has 1 aromatic heterocycles. The molecule has 0 aliphatic carbocycles. The minimum Gasteiger partial charge on any atom is -0.497 e. The van der Waals surface area contributed by atoms with Crippen molar-refractivity contribution in [3.8, 4) is 11.5 Å². The Hall–Kier alpha value is -2.05. The Morgan fingerprint density at radius 1 is 1.33 bits per heavy atom. The highest BCUT2D eigenvalue weighted by molar-refractivity contribution is 7.09. The molecule has 0 saturated heterocycles. The number of aliphatic carboxylic acids is 1. The van der Waals surface area contributed by atoms with E-state index >= 15 is 0 Å². The maximum absolute atomic E-state index is 11.5. The van der Waals surface area contributed by atoms with E-state index in [0.717, 1.165) is 4.88 Å². The third kappa shape index (κ3) is 3.74. The lowest BCUT2D eigenvalue weighted by Crippen LogP contribution is -2.28. The van der Waals surface area contributed by atoms with Gasteiger partial charge in [0.2, 0.25) is 0 Å². The summed E-state index contributed by atoms with van der Waals surface area (Å²) in [5, 5.41) is 14.5. The van der Waals surface area contributed by atoms with Gasteiger partial charge >= 0.3 is 5.97 Å². The lowest BCUT2D eigenvalue weighted by molar-refractivity contribution is -0.139. The molecular weight excluding hydrogens is 290 g/mol. The average Bonchev–Trinajstić information content (AvgIpc) is 3.00. The standard InChI is InChI=1S/C15H17NO4S/c1-19-10-5-6-12(13(8-10)20-2)14(15(17)18)16-9-11-4-3-7-21-11/h3-8,14,16H,9H2,1-2H3,(H,17,18). The van der Waals surface area contributed by atoms with Gasteiger partial charge in [-0.15, -0.1) is 11.3 Å². The maximum Gasteiger partial charge on any atom is 0.325 e. The Bertz CT molecular complexity index is 598. The second-order valence-corrected chi connectivity index (χ2v) is 5.37. The van der Waals surface area contributed by atoms with Crippen LogP contribution < -0.4 is 14.8 Å². The number of hydrogen-bond acceptors (Lipinski definition) is 5. The molecule has 2 N–H and O–H groups in total. The van der Waals surface area contributed by atoms with E-state index in [1.807, 2.05) is 17.5 Å². The normalized spacial score (nSPS) is 11.9. The van der Waals surface area contributed by atoms with Crippen LogP contribution in [0.5, 0.6) is 11.5 Å². The van der Waals surface area contributed by atoms with E-state index in [-0.39, 0.29) is 0 Å². The molecule has 1 unspecified atom stereocenters. The molecule has 0 spiro atoms. The van der Waals surface area contributed by atoms with Gasteiger partial charge in [0, 0.05) is 23.1 Å². The van der Waals surface area contributed by atoms with Crippen LogP contribution in [0, 0.1) is 0 Å². The Morgan fingerprint density at radius 2 is 2.14 bits per heavy atom. The zero-order chi connectivity index (χ0) is 15.2. The lowest BCUT2D eigenvalue weighted by atomic mass is 10.1. The van der Waals surface area contributed by atoms with Crippen LogP contribution in [0.2, 0.25) is 0 Å². The summed E-state index contributed by atoms with van der Waals surface area (Å²) in [7, 11) is 3.06. The van der Waals surface area contributed by atoms with Crippen molar-refractivity contribution in [3.05, 3.63) is 46.2 Å². The molecule has 21 heavy (non-hydrogen) atoms. The molecule has 0 saturated carbocycles. The van der Waals surface area contributed by atoms with Crippen molar-refractivity contribution in [3.63, 3.8) is 0 Å². The molecule has 0 radical (unpaired) electrons. The fourth-order valence-corrected chi connectivity index (χ4v) is 2.66. The molecule has 0 fully saturated rings. The molecule has 1 atom stereocenters. The summed E-state index contributed by atoms with van der Waals surface area (Å²) in [6.07, 6.45) is 0. The van der Waals surface area contributed by atoms with Crippen LogP contribution in [-0.2, 0) is 11.3 Å². The molecule has 112 valence electrons. The number of carbonyl (C=O) groups is 1. The number of benzene rings is 1. The minimum atomic E-state index is -0.949. The van der Waals surface area contributed by atoms with Gasteiger partial charge in [0.25, 0.3) is 0 Å². The van der Waals surface area contributed by atoms with Crippen molar-refractivity contribution in [2.24, 2.45) is 0 Å². The summed E-state index contributed by atoms with van der Waals surface area (Å²) in [6.45, 7) is 0.490. The molecule has 0 amide bonds. The number of thiophene rings is 1. The van der Waals surface area contributed by atoms with Crippen LogP contribution in [0.1, 0.15) is 16.5 Å². The zero-order valence-corrected chi connectivity index (χ0v) is 12.6. The molecule has 0 aliphatic heterocycles. The van der Waals surface area contributed by atoms with Gasteiger partial charge in [-0.05, 0) is 23.6 Å². The first kappa shape index (κ1) is 15.3. The second kappa shape index (κ2) is 7.10. The molecule has 0 aliphatic rings. The number of carboxylic acids is 1. The smallest absolute Gasteiger partial charge is 0.325 e. The van der Waals surface area contributed by atoms with Gasteiger partial charge in [-0.2, -0.15) is 0 Å². The van der Waals surface area contributed by atoms with Crippen LogP contribution >= 0.6 is 11.3 Å². The highest BCUT2D eigenvalue weighted by Gasteiger charge is 2.23. The van der Waals surface area contributed by atoms with Crippen molar-refractivity contribution >= 4 is 17.3 Å². The van der Waals surface area contributed by atoms with Crippen molar-refractivity contribution < 1.29 is 19.4 Å².